The molecular formula is C23H18NNaO4. The number of ether oxygens (including phenoxy) is 1. The number of hydrogen-bond donors (Lipinski definition) is 0. The van der Waals surface area contributed by atoms with Crippen molar-refractivity contribution in [2.24, 2.45) is 0 Å². The second kappa shape index (κ2) is 9.74. The van der Waals surface area contributed by atoms with Gasteiger partial charge >= 0.3 is 29.6 Å². The smallest absolute Gasteiger partial charge is 0.550 e. The molecule has 0 fully saturated rings. The zero-order chi connectivity index (χ0) is 19.3. The van der Waals surface area contributed by atoms with Crippen molar-refractivity contribution in [3.8, 4) is 28.3 Å². The Morgan fingerprint density at radius 3 is 2.17 bits per heavy atom. The van der Waals surface area contributed by atoms with Crippen molar-refractivity contribution in [2.75, 3.05) is 6.61 Å². The van der Waals surface area contributed by atoms with Crippen molar-refractivity contribution in [1.82, 2.24) is 4.98 Å². The van der Waals surface area contributed by atoms with E-state index < -0.39 is 5.97 Å². The number of nitrogens with zero attached hydrogens (tertiary/aromatic N) is 1. The molecule has 29 heavy (non-hydrogen) atoms. The summed E-state index contributed by atoms with van der Waals surface area (Å²) in [6, 6.07) is 23.4. The van der Waals surface area contributed by atoms with Crippen molar-refractivity contribution in [1.29, 1.82) is 0 Å². The largest absolute Gasteiger partial charge is 1.00 e. The van der Waals surface area contributed by atoms with E-state index in [1.54, 1.807) is 0 Å². The molecule has 0 unspecified atom stereocenters. The van der Waals surface area contributed by atoms with Gasteiger partial charge in [0, 0.05) is 11.5 Å². The molecule has 0 N–H and O–H groups in total. The molecule has 5 nitrogen and oxygen atoms in total. The fourth-order valence-electron chi connectivity index (χ4n) is 2.95. The number of para-hydroxylation sites is 2. The molecule has 0 bridgehead atoms. The monoisotopic (exact) mass is 395 g/mol. The van der Waals surface area contributed by atoms with E-state index in [4.69, 9.17) is 9.15 Å². The van der Waals surface area contributed by atoms with Crippen molar-refractivity contribution in [3.05, 3.63) is 72.8 Å². The molecule has 0 amide bonds. The number of carboxylic acids is 1. The summed E-state index contributed by atoms with van der Waals surface area (Å²) in [6.07, 6.45) is 0.436. The van der Waals surface area contributed by atoms with Crippen molar-refractivity contribution in [2.45, 2.75) is 12.8 Å². The molecule has 3 aromatic carbocycles. The molecule has 0 aliphatic rings. The zero-order valence-electron chi connectivity index (χ0n) is 16.1. The summed E-state index contributed by atoms with van der Waals surface area (Å²) in [6.45, 7) is 0.354. The van der Waals surface area contributed by atoms with Crippen LogP contribution in [0.3, 0.4) is 0 Å². The van der Waals surface area contributed by atoms with Crippen molar-refractivity contribution >= 4 is 17.1 Å². The van der Waals surface area contributed by atoms with Gasteiger partial charge in [0.25, 0.3) is 0 Å². The van der Waals surface area contributed by atoms with Gasteiger partial charge in [-0.25, -0.2) is 4.98 Å². The van der Waals surface area contributed by atoms with Crippen molar-refractivity contribution < 1.29 is 48.6 Å². The Labute approximate surface area is 190 Å². The van der Waals surface area contributed by atoms with Gasteiger partial charge in [0.1, 0.15) is 11.3 Å². The molecule has 0 aliphatic heterocycles. The van der Waals surface area contributed by atoms with E-state index in [2.05, 4.69) is 4.98 Å². The second-order valence-corrected chi connectivity index (χ2v) is 6.41. The number of aromatic nitrogens is 1. The summed E-state index contributed by atoms with van der Waals surface area (Å²) in [4.78, 5) is 14.9. The summed E-state index contributed by atoms with van der Waals surface area (Å²) in [5.74, 6) is 0.262. The minimum atomic E-state index is -1.06. The van der Waals surface area contributed by atoms with Gasteiger partial charge in [-0.3, -0.25) is 0 Å². The number of oxazole rings is 1. The normalized spacial score (nSPS) is 10.5. The maximum Gasteiger partial charge on any atom is 1.00 e. The Morgan fingerprint density at radius 1 is 0.897 bits per heavy atom. The number of aliphatic carboxylic acids is 1. The van der Waals surface area contributed by atoms with Gasteiger partial charge < -0.3 is 19.1 Å². The summed E-state index contributed by atoms with van der Waals surface area (Å²) in [5, 5.41) is 10.4. The Bertz CT molecular complexity index is 1060. The molecule has 1 heterocycles. The third-order valence-electron chi connectivity index (χ3n) is 4.41. The van der Waals surface area contributed by atoms with Crippen LogP contribution in [0, 0.1) is 0 Å². The summed E-state index contributed by atoms with van der Waals surface area (Å²) < 4.78 is 11.3. The molecular weight excluding hydrogens is 377 g/mol. The molecule has 4 rings (SSSR count). The van der Waals surface area contributed by atoms with E-state index >= 15 is 0 Å². The van der Waals surface area contributed by atoms with Crippen LogP contribution in [0.2, 0.25) is 0 Å². The fourth-order valence-corrected chi connectivity index (χ4v) is 2.95. The van der Waals surface area contributed by atoms with E-state index in [9.17, 15) is 9.90 Å². The molecule has 0 saturated heterocycles. The summed E-state index contributed by atoms with van der Waals surface area (Å²) in [7, 11) is 0. The molecule has 140 valence electrons. The van der Waals surface area contributed by atoms with Crippen LogP contribution < -0.4 is 39.4 Å². The Balaban J connectivity index is 0.00000240. The Hall–Kier alpha value is -2.60. The second-order valence-electron chi connectivity index (χ2n) is 6.41. The maximum absolute atomic E-state index is 10.4. The summed E-state index contributed by atoms with van der Waals surface area (Å²) >= 11 is 0. The number of fused-ring (bicyclic) bond motifs is 1. The number of hydrogen-bond acceptors (Lipinski definition) is 5. The first kappa shape index (κ1) is 21.1. The number of rotatable bonds is 7. The number of carboxylic acid groups (broad SMARTS) is 1. The van der Waals surface area contributed by atoms with Crippen LogP contribution in [-0.2, 0) is 4.79 Å². The maximum atomic E-state index is 10.4. The van der Waals surface area contributed by atoms with E-state index in [0.717, 1.165) is 27.8 Å². The SMILES string of the molecule is O=C([O-])CCCOc1ccc(-c2ccc(-c3nc4ccccc4o3)cc2)cc1.[Na+]. The van der Waals surface area contributed by atoms with E-state index in [0.29, 0.717) is 24.7 Å². The topological polar surface area (TPSA) is 75.4 Å². The molecule has 1 aromatic heterocycles. The Kier molecular flexibility index (Phi) is 7.09. The molecule has 4 aromatic rings. The van der Waals surface area contributed by atoms with Gasteiger partial charge in [0.05, 0.1) is 6.61 Å². The van der Waals surface area contributed by atoms with Gasteiger partial charge in [0.15, 0.2) is 5.58 Å². The number of benzene rings is 3. The van der Waals surface area contributed by atoms with Gasteiger partial charge in [-0.2, -0.15) is 0 Å². The minimum absolute atomic E-state index is 0. The predicted molar refractivity (Wildman–Crippen MR) is 105 cm³/mol. The minimum Gasteiger partial charge on any atom is -0.550 e. The van der Waals surface area contributed by atoms with Crippen LogP contribution in [0.1, 0.15) is 12.8 Å². The van der Waals surface area contributed by atoms with Crippen LogP contribution in [-0.4, -0.2) is 17.6 Å². The molecule has 0 spiro atoms. The third-order valence-corrected chi connectivity index (χ3v) is 4.41. The fraction of sp³-hybridized carbons (Fsp3) is 0.130. The molecule has 0 aliphatic carbocycles. The quantitative estimate of drug-likeness (QED) is 0.346. The zero-order valence-corrected chi connectivity index (χ0v) is 18.1. The van der Waals surface area contributed by atoms with Crippen LogP contribution in [0.15, 0.2) is 77.2 Å². The molecule has 6 heteroatoms. The predicted octanol–water partition coefficient (Wildman–Crippen LogP) is 1.07. The van der Waals surface area contributed by atoms with Crippen molar-refractivity contribution in [3.63, 3.8) is 0 Å². The standard InChI is InChI=1S/C23H19NO4.Na/c25-22(26)6-3-15-27-19-13-11-17(12-14-19)16-7-9-18(10-8-16)23-24-20-4-1-2-5-21(20)28-23;/h1-2,4-5,7-14H,3,6,15H2,(H,25,26);/q;+1/p-1. The van der Waals surface area contributed by atoms with Gasteiger partial charge in [-0.15, -0.1) is 0 Å². The van der Waals surface area contributed by atoms with Gasteiger partial charge in [0.2, 0.25) is 5.89 Å². The number of carbonyl (C=O) groups is 1. The van der Waals surface area contributed by atoms with Crippen LogP contribution in [0.25, 0.3) is 33.7 Å². The summed E-state index contributed by atoms with van der Waals surface area (Å²) in [5.41, 5.74) is 4.68. The van der Waals surface area contributed by atoms with E-state index in [1.165, 1.54) is 0 Å². The molecule has 0 radical (unpaired) electrons. The first-order valence-electron chi connectivity index (χ1n) is 9.08. The first-order valence-corrected chi connectivity index (χ1v) is 9.08. The van der Waals surface area contributed by atoms with Crippen LogP contribution in [0.5, 0.6) is 5.75 Å². The molecule has 0 atom stereocenters. The van der Waals surface area contributed by atoms with Crippen LogP contribution >= 0.6 is 0 Å². The van der Waals surface area contributed by atoms with Gasteiger partial charge in [-0.1, -0.05) is 36.4 Å². The Morgan fingerprint density at radius 2 is 1.52 bits per heavy atom. The average molecular weight is 395 g/mol. The molecule has 0 saturated carbocycles. The average Bonchev–Trinajstić information content (AvgIpc) is 3.16. The van der Waals surface area contributed by atoms with E-state index in [-0.39, 0.29) is 36.0 Å². The first-order chi connectivity index (χ1) is 13.7. The van der Waals surface area contributed by atoms with E-state index in [1.807, 2.05) is 72.8 Å². The van der Waals surface area contributed by atoms with Gasteiger partial charge in [-0.05, 0) is 60.4 Å². The van der Waals surface area contributed by atoms with Crippen LogP contribution in [0.4, 0.5) is 0 Å². The number of carbonyl (C=O) groups excluding carboxylic acids is 1. The third kappa shape index (κ3) is 5.26.